The van der Waals surface area contributed by atoms with Crippen molar-refractivity contribution in [3.8, 4) is 11.5 Å². The Morgan fingerprint density at radius 2 is 2.14 bits per heavy atom. The predicted octanol–water partition coefficient (Wildman–Crippen LogP) is 0.738. The fourth-order valence-electron chi connectivity index (χ4n) is 2.67. The lowest BCUT2D eigenvalue weighted by atomic mass is 10.0. The Morgan fingerprint density at radius 1 is 1.33 bits per heavy atom. The molecular weight excluding hydrogens is 272 g/mol. The van der Waals surface area contributed by atoms with Crippen LogP contribution in [0.5, 0.6) is 11.5 Å². The lowest BCUT2D eigenvalue weighted by molar-refractivity contribution is -0.136. The number of benzene rings is 1. The highest BCUT2D eigenvalue weighted by atomic mass is 16.7. The van der Waals surface area contributed by atoms with Crippen LogP contribution in [0.3, 0.4) is 0 Å². The van der Waals surface area contributed by atoms with E-state index >= 15 is 0 Å². The molecule has 1 fully saturated rings. The van der Waals surface area contributed by atoms with Gasteiger partial charge in [-0.15, -0.1) is 0 Å². The molecule has 0 saturated carbocycles. The molecule has 0 spiro atoms. The van der Waals surface area contributed by atoms with E-state index in [0.29, 0.717) is 26.3 Å². The standard InChI is InChI=1S/C15H20N2O4/c1-2-17(15(18)11-7-19-8-12(11)16)6-10-3-4-13-14(5-10)21-9-20-13/h3-5,11-12H,2,6-9,16H2,1H3. The van der Waals surface area contributed by atoms with Crippen LogP contribution in [0.25, 0.3) is 0 Å². The van der Waals surface area contributed by atoms with Crippen LogP contribution in [0, 0.1) is 5.92 Å². The summed E-state index contributed by atoms with van der Waals surface area (Å²) in [7, 11) is 0. The molecule has 3 rings (SSSR count). The van der Waals surface area contributed by atoms with E-state index in [1.165, 1.54) is 0 Å². The molecular formula is C15H20N2O4. The molecule has 1 aromatic rings. The first kappa shape index (κ1) is 14.2. The minimum atomic E-state index is -0.237. The van der Waals surface area contributed by atoms with Crippen LogP contribution >= 0.6 is 0 Å². The normalized spacial score (nSPS) is 23.3. The second kappa shape index (κ2) is 5.91. The van der Waals surface area contributed by atoms with Gasteiger partial charge in [0.25, 0.3) is 0 Å². The highest BCUT2D eigenvalue weighted by Crippen LogP contribution is 2.33. The van der Waals surface area contributed by atoms with Gasteiger partial charge >= 0.3 is 0 Å². The lowest BCUT2D eigenvalue weighted by Gasteiger charge is -2.25. The van der Waals surface area contributed by atoms with E-state index < -0.39 is 0 Å². The Bertz CT molecular complexity index is 534. The van der Waals surface area contributed by atoms with Crippen molar-refractivity contribution in [3.63, 3.8) is 0 Å². The number of carbonyl (C=O) groups is 1. The fourth-order valence-corrected chi connectivity index (χ4v) is 2.67. The third kappa shape index (κ3) is 2.82. The van der Waals surface area contributed by atoms with Gasteiger partial charge < -0.3 is 24.8 Å². The van der Waals surface area contributed by atoms with Crippen molar-refractivity contribution >= 4 is 5.91 Å². The molecule has 2 N–H and O–H groups in total. The molecule has 1 amide bonds. The van der Waals surface area contributed by atoms with E-state index in [-0.39, 0.29) is 24.7 Å². The summed E-state index contributed by atoms with van der Waals surface area (Å²) in [5.74, 6) is 1.30. The molecule has 1 saturated heterocycles. The van der Waals surface area contributed by atoms with E-state index in [9.17, 15) is 4.79 Å². The summed E-state index contributed by atoms with van der Waals surface area (Å²) < 4.78 is 15.9. The van der Waals surface area contributed by atoms with Crippen LogP contribution < -0.4 is 15.2 Å². The Hall–Kier alpha value is -1.79. The highest BCUT2D eigenvalue weighted by Gasteiger charge is 2.34. The van der Waals surface area contributed by atoms with E-state index in [4.69, 9.17) is 19.9 Å². The molecule has 2 atom stereocenters. The summed E-state index contributed by atoms with van der Waals surface area (Å²) in [6, 6.07) is 5.54. The Balaban J connectivity index is 1.70. The first-order valence-corrected chi connectivity index (χ1v) is 7.19. The number of amides is 1. The molecule has 6 heteroatoms. The number of ether oxygens (including phenoxy) is 3. The first-order chi connectivity index (χ1) is 10.2. The molecule has 21 heavy (non-hydrogen) atoms. The van der Waals surface area contributed by atoms with E-state index in [1.54, 1.807) is 4.90 Å². The van der Waals surface area contributed by atoms with Crippen molar-refractivity contribution < 1.29 is 19.0 Å². The average Bonchev–Trinajstić information content (AvgIpc) is 3.12. The summed E-state index contributed by atoms with van der Waals surface area (Å²) in [6.45, 7) is 4.26. The van der Waals surface area contributed by atoms with Gasteiger partial charge in [-0.1, -0.05) is 6.07 Å². The predicted molar refractivity (Wildman–Crippen MR) is 75.9 cm³/mol. The van der Waals surface area contributed by atoms with Crippen molar-refractivity contribution in [3.05, 3.63) is 23.8 Å². The maximum Gasteiger partial charge on any atom is 0.231 e. The fraction of sp³-hybridized carbons (Fsp3) is 0.533. The Morgan fingerprint density at radius 3 is 2.86 bits per heavy atom. The number of hydrogen-bond donors (Lipinski definition) is 1. The molecule has 0 bridgehead atoms. The third-order valence-electron chi connectivity index (χ3n) is 3.95. The maximum absolute atomic E-state index is 12.5. The number of hydrogen-bond acceptors (Lipinski definition) is 5. The molecule has 6 nitrogen and oxygen atoms in total. The van der Waals surface area contributed by atoms with Crippen LogP contribution in [0.1, 0.15) is 12.5 Å². The Labute approximate surface area is 123 Å². The zero-order valence-electron chi connectivity index (χ0n) is 12.1. The number of nitrogens with zero attached hydrogens (tertiary/aromatic N) is 1. The van der Waals surface area contributed by atoms with Crippen LogP contribution in [-0.4, -0.2) is 43.4 Å². The quantitative estimate of drug-likeness (QED) is 0.886. The van der Waals surface area contributed by atoms with Gasteiger partial charge in [0.1, 0.15) is 0 Å². The third-order valence-corrected chi connectivity index (χ3v) is 3.95. The second-order valence-corrected chi connectivity index (χ2v) is 5.35. The van der Waals surface area contributed by atoms with E-state index in [0.717, 1.165) is 17.1 Å². The van der Waals surface area contributed by atoms with Crippen LogP contribution in [0.4, 0.5) is 0 Å². The van der Waals surface area contributed by atoms with Gasteiger partial charge in [0.15, 0.2) is 11.5 Å². The molecule has 2 aliphatic heterocycles. The first-order valence-electron chi connectivity index (χ1n) is 7.19. The molecule has 0 radical (unpaired) electrons. The molecule has 114 valence electrons. The van der Waals surface area contributed by atoms with Crippen molar-refractivity contribution in [1.29, 1.82) is 0 Å². The minimum Gasteiger partial charge on any atom is -0.454 e. The summed E-state index contributed by atoms with van der Waals surface area (Å²) in [6.07, 6.45) is 0. The smallest absolute Gasteiger partial charge is 0.231 e. The van der Waals surface area contributed by atoms with Gasteiger partial charge in [0.05, 0.1) is 19.1 Å². The topological polar surface area (TPSA) is 74.0 Å². The number of rotatable bonds is 4. The van der Waals surface area contributed by atoms with Gasteiger partial charge in [-0.25, -0.2) is 0 Å². The monoisotopic (exact) mass is 292 g/mol. The van der Waals surface area contributed by atoms with Gasteiger partial charge in [0, 0.05) is 19.1 Å². The van der Waals surface area contributed by atoms with Crippen molar-refractivity contribution in [2.45, 2.75) is 19.5 Å². The SMILES string of the molecule is CCN(Cc1ccc2c(c1)OCO2)C(=O)C1COCC1N. The zero-order chi connectivity index (χ0) is 14.8. The zero-order valence-corrected chi connectivity index (χ0v) is 12.1. The average molecular weight is 292 g/mol. The van der Waals surface area contributed by atoms with Gasteiger partial charge in [-0.05, 0) is 24.6 Å². The molecule has 0 aliphatic carbocycles. The molecule has 2 heterocycles. The number of nitrogens with two attached hydrogens (primary N) is 1. The summed E-state index contributed by atoms with van der Waals surface area (Å²) in [4.78, 5) is 14.3. The number of carbonyl (C=O) groups excluding carboxylic acids is 1. The largest absolute Gasteiger partial charge is 0.454 e. The van der Waals surface area contributed by atoms with Gasteiger partial charge in [-0.3, -0.25) is 4.79 Å². The molecule has 1 aromatic carbocycles. The van der Waals surface area contributed by atoms with Crippen LogP contribution in [0.15, 0.2) is 18.2 Å². The second-order valence-electron chi connectivity index (χ2n) is 5.35. The van der Waals surface area contributed by atoms with Crippen LogP contribution in [0.2, 0.25) is 0 Å². The van der Waals surface area contributed by atoms with Gasteiger partial charge in [-0.2, -0.15) is 0 Å². The van der Waals surface area contributed by atoms with Crippen molar-refractivity contribution in [1.82, 2.24) is 4.90 Å². The highest BCUT2D eigenvalue weighted by molar-refractivity contribution is 5.80. The number of fused-ring (bicyclic) bond motifs is 1. The minimum absolute atomic E-state index is 0.0557. The van der Waals surface area contributed by atoms with E-state index in [2.05, 4.69) is 0 Å². The maximum atomic E-state index is 12.5. The van der Waals surface area contributed by atoms with Crippen molar-refractivity contribution in [2.24, 2.45) is 11.7 Å². The Kier molecular flexibility index (Phi) is 3.98. The van der Waals surface area contributed by atoms with Crippen molar-refractivity contribution in [2.75, 3.05) is 26.6 Å². The summed E-state index contributed by atoms with van der Waals surface area (Å²) in [5, 5.41) is 0. The summed E-state index contributed by atoms with van der Waals surface area (Å²) in [5.41, 5.74) is 6.95. The molecule has 0 aromatic heterocycles. The summed E-state index contributed by atoms with van der Waals surface area (Å²) >= 11 is 0. The lowest BCUT2D eigenvalue weighted by Crippen LogP contribution is -2.43. The van der Waals surface area contributed by atoms with E-state index in [1.807, 2.05) is 25.1 Å². The van der Waals surface area contributed by atoms with Crippen LogP contribution in [-0.2, 0) is 16.1 Å². The molecule has 2 aliphatic rings. The molecule has 2 unspecified atom stereocenters. The van der Waals surface area contributed by atoms with Gasteiger partial charge in [0.2, 0.25) is 12.7 Å².